The van der Waals surface area contributed by atoms with Crippen molar-refractivity contribution in [1.82, 2.24) is 15.2 Å². The number of nitrogens with one attached hydrogen (secondary N) is 1. The Morgan fingerprint density at radius 3 is 2.90 bits per heavy atom. The van der Waals surface area contributed by atoms with E-state index in [9.17, 15) is 0 Å². The van der Waals surface area contributed by atoms with Crippen molar-refractivity contribution < 1.29 is 9.47 Å². The highest BCUT2D eigenvalue weighted by Crippen LogP contribution is 2.32. The molecule has 1 fully saturated rings. The number of rotatable bonds is 2. The number of nitrogens with zero attached hydrogens (tertiary/aromatic N) is 3. The second kappa shape index (κ2) is 4.89. The van der Waals surface area contributed by atoms with Gasteiger partial charge in [0.1, 0.15) is 5.75 Å². The van der Waals surface area contributed by atoms with Gasteiger partial charge in [-0.05, 0) is 12.1 Å². The maximum absolute atomic E-state index is 5.41. The molecule has 1 aliphatic heterocycles. The predicted octanol–water partition coefficient (Wildman–Crippen LogP) is 1.96. The van der Waals surface area contributed by atoms with Gasteiger partial charge in [-0.2, -0.15) is 5.10 Å². The second-order valence-electron chi connectivity index (χ2n) is 5.09. The topological polar surface area (TPSA) is 63.3 Å². The number of aromatic nitrogens is 3. The van der Waals surface area contributed by atoms with Crippen LogP contribution in [0.2, 0.25) is 0 Å². The van der Waals surface area contributed by atoms with E-state index >= 15 is 0 Å². The molecule has 3 heterocycles. The molecule has 6 heteroatoms. The number of ether oxygens (including phenoxy) is 2. The molecule has 1 aromatic carbocycles. The molecule has 0 saturated carbocycles. The molecule has 0 unspecified atom stereocenters. The number of anilines is 1. The quantitative estimate of drug-likeness (QED) is 0.779. The Morgan fingerprint density at radius 1 is 1.24 bits per heavy atom. The van der Waals surface area contributed by atoms with Crippen LogP contribution in [0.3, 0.4) is 0 Å². The van der Waals surface area contributed by atoms with Crippen molar-refractivity contribution in [2.24, 2.45) is 0 Å². The van der Waals surface area contributed by atoms with Crippen LogP contribution in [-0.4, -0.2) is 48.6 Å². The lowest BCUT2D eigenvalue weighted by molar-refractivity contribution is 0.122. The predicted molar refractivity (Wildman–Crippen MR) is 81.0 cm³/mol. The van der Waals surface area contributed by atoms with Gasteiger partial charge in [-0.15, -0.1) is 5.10 Å². The molecule has 0 atom stereocenters. The molecule has 1 saturated heterocycles. The van der Waals surface area contributed by atoms with Crippen LogP contribution >= 0.6 is 0 Å². The van der Waals surface area contributed by atoms with Gasteiger partial charge in [0.05, 0.1) is 37.6 Å². The van der Waals surface area contributed by atoms with E-state index in [1.165, 1.54) is 0 Å². The van der Waals surface area contributed by atoms with Crippen molar-refractivity contribution in [3.8, 4) is 5.75 Å². The lowest BCUT2D eigenvalue weighted by atomic mass is 10.2. The van der Waals surface area contributed by atoms with Gasteiger partial charge in [0.25, 0.3) is 0 Å². The molecule has 1 aliphatic rings. The van der Waals surface area contributed by atoms with Crippen molar-refractivity contribution in [2.75, 3.05) is 38.3 Å². The largest absolute Gasteiger partial charge is 0.497 e. The van der Waals surface area contributed by atoms with Crippen molar-refractivity contribution in [1.29, 1.82) is 0 Å². The van der Waals surface area contributed by atoms with E-state index in [1.54, 1.807) is 7.11 Å². The fourth-order valence-electron chi connectivity index (χ4n) is 2.82. The van der Waals surface area contributed by atoms with Gasteiger partial charge in [0.2, 0.25) is 0 Å². The maximum Gasteiger partial charge on any atom is 0.175 e. The number of methoxy groups -OCH3 is 1. The summed E-state index contributed by atoms with van der Waals surface area (Å²) in [6.45, 7) is 3.14. The average molecular weight is 284 g/mol. The Kier molecular flexibility index (Phi) is 2.89. The fraction of sp³-hybridized carbons (Fsp3) is 0.333. The third-order valence-electron chi connectivity index (χ3n) is 3.92. The van der Waals surface area contributed by atoms with Gasteiger partial charge >= 0.3 is 0 Å². The summed E-state index contributed by atoms with van der Waals surface area (Å²) in [5, 5.41) is 10.7. The Hall–Kier alpha value is -2.34. The fourth-order valence-corrected chi connectivity index (χ4v) is 2.82. The summed E-state index contributed by atoms with van der Waals surface area (Å²) in [6.07, 6.45) is 1.81. The zero-order chi connectivity index (χ0) is 14.2. The van der Waals surface area contributed by atoms with Gasteiger partial charge in [-0.3, -0.25) is 0 Å². The Balaban J connectivity index is 1.91. The third-order valence-corrected chi connectivity index (χ3v) is 3.92. The summed E-state index contributed by atoms with van der Waals surface area (Å²) in [4.78, 5) is 5.67. The maximum atomic E-state index is 5.41. The standard InChI is InChI=1S/C15H16N4O2/c1-20-10-2-3-11-12-9-16-18-15(14(12)17-13(11)8-10)19-4-6-21-7-5-19/h2-3,8-9,17H,4-7H2,1H3. The van der Waals surface area contributed by atoms with Crippen molar-refractivity contribution in [3.05, 3.63) is 24.4 Å². The van der Waals surface area contributed by atoms with Crippen LogP contribution in [0.5, 0.6) is 5.75 Å². The Morgan fingerprint density at radius 2 is 2.10 bits per heavy atom. The Bertz CT molecular complexity index is 793. The number of morpholine rings is 1. The molecule has 0 bridgehead atoms. The smallest absolute Gasteiger partial charge is 0.175 e. The molecule has 21 heavy (non-hydrogen) atoms. The van der Waals surface area contributed by atoms with Crippen LogP contribution in [0.25, 0.3) is 21.8 Å². The third kappa shape index (κ3) is 1.99. The summed E-state index contributed by atoms with van der Waals surface area (Å²) < 4.78 is 10.7. The monoisotopic (exact) mass is 284 g/mol. The zero-order valence-corrected chi connectivity index (χ0v) is 11.8. The molecular formula is C15H16N4O2. The number of H-pyrrole nitrogens is 1. The van der Waals surface area contributed by atoms with E-state index in [4.69, 9.17) is 9.47 Å². The van der Waals surface area contributed by atoms with Crippen LogP contribution in [0.1, 0.15) is 0 Å². The second-order valence-corrected chi connectivity index (χ2v) is 5.09. The van der Waals surface area contributed by atoms with Gasteiger partial charge in [0, 0.05) is 29.9 Å². The lowest BCUT2D eigenvalue weighted by Gasteiger charge is -2.27. The molecule has 6 nitrogen and oxygen atoms in total. The molecular weight excluding hydrogens is 268 g/mol. The molecule has 0 aliphatic carbocycles. The van der Waals surface area contributed by atoms with E-state index in [0.29, 0.717) is 0 Å². The zero-order valence-electron chi connectivity index (χ0n) is 11.8. The molecule has 0 spiro atoms. The molecule has 4 rings (SSSR count). The van der Waals surface area contributed by atoms with E-state index in [1.807, 2.05) is 18.3 Å². The van der Waals surface area contributed by atoms with Gasteiger partial charge in [-0.25, -0.2) is 0 Å². The minimum Gasteiger partial charge on any atom is -0.497 e. The molecule has 2 aromatic heterocycles. The van der Waals surface area contributed by atoms with Crippen LogP contribution in [0.15, 0.2) is 24.4 Å². The summed E-state index contributed by atoms with van der Waals surface area (Å²) in [5.41, 5.74) is 2.06. The number of hydrogen-bond acceptors (Lipinski definition) is 5. The summed E-state index contributed by atoms with van der Waals surface area (Å²) in [7, 11) is 1.67. The summed E-state index contributed by atoms with van der Waals surface area (Å²) >= 11 is 0. The van der Waals surface area contributed by atoms with Gasteiger partial charge < -0.3 is 19.4 Å². The van der Waals surface area contributed by atoms with E-state index in [-0.39, 0.29) is 0 Å². The summed E-state index contributed by atoms with van der Waals surface area (Å²) in [6, 6.07) is 6.01. The molecule has 1 N–H and O–H groups in total. The molecule has 108 valence electrons. The van der Waals surface area contributed by atoms with Crippen LogP contribution in [-0.2, 0) is 4.74 Å². The van der Waals surface area contributed by atoms with Crippen LogP contribution in [0, 0.1) is 0 Å². The number of aromatic amines is 1. The highest BCUT2D eigenvalue weighted by atomic mass is 16.5. The van der Waals surface area contributed by atoms with Crippen LogP contribution < -0.4 is 9.64 Å². The van der Waals surface area contributed by atoms with Crippen LogP contribution in [0.4, 0.5) is 5.82 Å². The van der Waals surface area contributed by atoms with Crippen molar-refractivity contribution in [3.63, 3.8) is 0 Å². The Labute approximate surface area is 121 Å². The SMILES string of the molecule is COc1ccc2c(c1)[nH]c1c(N3CCOCC3)nncc12. The number of benzene rings is 1. The highest BCUT2D eigenvalue weighted by molar-refractivity contribution is 6.10. The normalized spacial score (nSPS) is 15.8. The van der Waals surface area contributed by atoms with Gasteiger partial charge in [0.15, 0.2) is 5.82 Å². The number of fused-ring (bicyclic) bond motifs is 3. The summed E-state index contributed by atoms with van der Waals surface area (Å²) in [5.74, 6) is 1.73. The van der Waals surface area contributed by atoms with E-state index in [2.05, 4.69) is 26.1 Å². The van der Waals surface area contributed by atoms with Gasteiger partial charge in [-0.1, -0.05) is 0 Å². The molecule has 0 amide bonds. The number of hydrogen-bond donors (Lipinski definition) is 1. The molecule has 3 aromatic rings. The highest BCUT2D eigenvalue weighted by Gasteiger charge is 2.18. The minimum absolute atomic E-state index is 0.728. The first kappa shape index (κ1) is 12.4. The molecule has 0 radical (unpaired) electrons. The lowest BCUT2D eigenvalue weighted by Crippen LogP contribution is -2.37. The van der Waals surface area contributed by atoms with E-state index in [0.717, 1.165) is 59.7 Å². The first-order valence-corrected chi connectivity index (χ1v) is 7.00. The van der Waals surface area contributed by atoms with Crippen molar-refractivity contribution in [2.45, 2.75) is 0 Å². The minimum atomic E-state index is 0.728. The van der Waals surface area contributed by atoms with Crippen molar-refractivity contribution >= 4 is 27.6 Å². The van der Waals surface area contributed by atoms with E-state index < -0.39 is 0 Å². The first-order chi connectivity index (χ1) is 10.4. The first-order valence-electron chi connectivity index (χ1n) is 7.00. The average Bonchev–Trinajstić information content (AvgIpc) is 2.93.